The standard InChI is InChI=1S/C28H33N3O5/c1-18-15-31(19(2)17-32)28(34)24-13-21(9-8-20-6-5-7-23(12-20)35-4)14-29-26(24)36-25(18)16-30(3)27(33)22-10-11-22/h5-7,12-14,18-19,22,25,32H,10-11,15-17H2,1-4H3/t18-,19+,25-/m0/s1. The molecule has 36 heavy (non-hydrogen) atoms. The quantitative estimate of drug-likeness (QED) is 0.625. The number of ether oxygens (including phenoxy) is 2. The molecule has 1 saturated carbocycles. The zero-order valence-electron chi connectivity index (χ0n) is 21.2. The van der Waals surface area contributed by atoms with E-state index in [2.05, 4.69) is 16.8 Å². The highest BCUT2D eigenvalue weighted by molar-refractivity contribution is 5.97. The fourth-order valence-electron chi connectivity index (χ4n) is 4.24. The Morgan fingerprint density at radius 1 is 1.31 bits per heavy atom. The van der Waals surface area contributed by atoms with Gasteiger partial charge >= 0.3 is 0 Å². The molecule has 3 atom stereocenters. The van der Waals surface area contributed by atoms with Gasteiger partial charge in [-0.05, 0) is 44.0 Å². The minimum Gasteiger partial charge on any atom is -0.497 e. The van der Waals surface area contributed by atoms with Crippen molar-refractivity contribution in [2.75, 3.05) is 33.9 Å². The second kappa shape index (κ2) is 11.0. The molecule has 0 unspecified atom stereocenters. The van der Waals surface area contributed by atoms with Gasteiger partial charge in [0.2, 0.25) is 11.8 Å². The van der Waals surface area contributed by atoms with Crippen LogP contribution in [0.5, 0.6) is 11.6 Å². The highest BCUT2D eigenvalue weighted by atomic mass is 16.5. The second-order valence-electron chi connectivity index (χ2n) is 9.67. The van der Waals surface area contributed by atoms with Crippen LogP contribution in [-0.2, 0) is 4.79 Å². The fourth-order valence-corrected chi connectivity index (χ4v) is 4.24. The molecule has 0 radical (unpaired) electrons. The monoisotopic (exact) mass is 491 g/mol. The maximum Gasteiger partial charge on any atom is 0.259 e. The first kappa shape index (κ1) is 25.5. The van der Waals surface area contributed by atoms with Crippen molar-refractivity contribution in [3.05, 3.63) is 53.2 Å². The first-order chi connectivity index (χ1) is 17.3. The van der Waals surface area contributed by atoms with Gasteiger partial charge in [-0.25, -0.2) is 4.98 Å². The van der Waals surface area contributed by atoms with E-state index in [0.717, 1.165) is 18.4 Å². The van der Waals surface area contributed by atoms with Gasteiger partial charge in [-0.1, -0.05) is 24.8 Å². The van der Waals surface area contributed by atoms with E-state index in [-0.39, 0.29) is 48.3 Å². The van der Waals surface area contributed by atoms with Gasteiger partial charge in [-0.15, -0.1) is 0 Å². The highest BCUT2D eigenvalue weighted by Crippen LogP contribution is 2.32. The Balaban J connectivity index is 1.65. The Morgan fingerprint density at radius 3 is 2.75 bits per heavy atom. The Kier molecular flexibility index (Phi) is 7.80. The van der Waals surface area contributed by atoms with Gasteiger partial charge in [0, 0.05) is 42.8 Å². The van der Waals surface area contributed by atoms with Gasteiger partial charge in [-0.3, -0.25) is 9.59 Å². The number of nitrogens with zero attached hydrogens (tertiary/aromatic N) is 3. The number of methoxy groups -OCH3 is 1. The summed E-state index contributed by atoms with van der Waals surface area (Å²) in [6, 6.07) is 8.71. The molecule has 8 heteroatoms. The van der Waals surface area contributed by atoms with Gasteiger partial charge in [0.25, 0.3) is 5.91 Å². The Bertz CT molecular complexity index is 1180. The molecule has 1 aromatic heterocycles. The summed E-state index contributed by atoms with van der Waals surface area (Å²) in [5.74, 6) is 6.96. The van der Waals surface area contributed by atoms with Crippen LogP contribution in [0.2, 0.25) is 0 Å². The number of likely N-dealkylation sites (N-methyl/N-ethyl adjacent to an activating group) is 1. The van der Waals surface area contributed by atoms with Gasteiger partial charge < -0.3 is 24.4 Å². The van der Waals surface area contributed by atoms with Crippen LogP contribution >= 0.6 is 0 Å². The number of hydrogen-bond donors (Lipinski definition) is 1. The van der Waals surface area contributed by atoms with Crippen molar-refractivity contribution >= 4 is 11.8 Å². The average molecular weight is 492 g/mol. The fraction of sp³-hybridized carbons (Fsp3) is 0.464. The lowest BCUT2D eigenvalue weighted by Gasteiger charge is -2.37. The van der Waals surface area contributed by atoms with E-state index in [0.29, 0.717) is 30.0 Å². The van der Waals surface area contributed by atoms with Gasteiger partial charge in [0.05, 0.1) is 26.3 Å². The van der Waals surface area contributed by atoms with Crippen LogP contribution in [0.3, 0.4) is 0 Å². The summed E-state index contributed by atoms with van der Waals surface area (Å²) in [5.41, 5.74) is 1.63. The summed E-state index contributed by atoms with van der Waals surface area (Å²) in [7, 11) is 3.39. The smallest absolute Gasteiger partial charge is 0.259 e. The second-order valence-corrected chi connectivity index (χ2v) is 9.67. The van der Waals surface area contributed by atoms with Gasteiger partial charge in [0.1, 0.15) is 17.4 Å². The molecule has 4 rings (SSSR count). The number of hydrogen-bond acceptors (Lipinski definition) is 6. The van der Waals surface area contributed by atoms with Gasteiger partial charge in [-0.2, -0.15) is 0 Å². The molecule has 0 bridgehead atoms. The van der Waals surface area contributed by atoms with Crippen molar-refractivity contribution in [3.63, 3.8) is 0 Å². The number of aliphatic hydroxyl groups is 1. The van der Waals surface area contributed by atoms with Crippen LogP contribution in [0.1, 0.15) is 48.2 Å². The molecule has 1 N–H and O–H groups in total. The molecule has 8 nitrogen and oxygen atoms in total. The Hall–Kier alpha value is -3.57. The number of benzene rings is 1. The zero-order chi connectivity index (χ0) is 25.8. The van der Waals surface area contributed by atoms with Crippen molar-refractivity contribution in [1.29, 1.82) is 0 Å². The summed E-state index contributed by atoms with van der Waals surface area (Å²) in [6.07, 6.45) is 3.09. The maximum atomic E-state index is 13.5. The van der Waals surface area contributed by atoms with E-state index in [1.165, 1.54) is 0 Å². The predicted molar refractivity (Wildman–Crippen MR) is 135 cm³/mol. The lowest BCUT2D eigenvalue weighted by atomic mass is 9.99. The zero-order valence-corrected chi connectivity index (χ0v) is 21.2. The molecule has 1 fully saturated rings. The number of aromatic nitrogens is 1. The summed E-state index contributed by atoms with van der Waals surface area (Å²) in [4.78, 5) is 33.9. The number of pyridine rings is 1. The molecular formula is C28H33N3O5. The van der Waals surface area contributed by atoms with Crippen molar-refractivity contribution in [1.82, 2.24) is 14.8 Å². The largest absolute Gasteiger partial charge is 0.497 e. The molecule has 1 aliphatic carbocycles. The molecule has 2 aliphatic rings. The third-order valence-corrected chi connectivity index (χ3v) is 6.70. The van der Waals surface area contributed by atoms with Crippen molar-refractivity contribution < 1.29 is 24.2 Å². The number of fused-ring (bicyclic) bond motifs is 1. The van der Waals surface area contributed by atoms with Crippen LogP contribution in [0.15, 0.2) is 36.5 Å². The third-order valence-electron chi connectivity index (χ3n) is 6.70. The van der Waals surface area contributed by atoms with E-state index < -0.39 is 0 Å². The molecule has 0 saturated heterocycles. The van der Waals surface area contributed by atoms with Crippen molar-refractivity contribution in [2.24, 2.45) is 11.8 Å². The van der Waals surface area contributed by atoms with E-state index >= 15 is 0 Å². The SMILES string of the molecule is COc1cccc(C#Cc2cnc3c(c2)C(=O)N([C@H](C)CO)C[C@H](C)[C@H](CN(C)C(=O)C2CC2)O3)c1. The lowest BCUT2D eigenvalue weighted by molar-refractivity contribution is -0.132. The Morgan fingerprint density at radius 2 is 2.06 bits per heavy atom. The minimum absolute atomic E-state index is 0.0834. The van der Waals surface area contributed by atoms with Crippen molar-refractivity contribution in [3.8, 4) is 23.5 Å². The number of aliphatic hydroxyl groups excluding tert-OH is 1. The Labute approximate surface area is 212 Å². The first-order valence-corrected chi connectivity index (χ1v) is 12.3. The van der Waals surface area contributed by atoms with E-state index in [4.69, 9.17) is 9.47 Å². The topological polar surface area (TPSA) is 92.2 Å². The summed E-state index contributed by atoms with van der Waals surface area (Å²) < 4.78 is 11.5. The summed E-state index contributed by atoms with van der Waals surface area (Å²) >= 11 is 0. The summed E-state index contributed by atoms with van der Waals surface area (Å²) in [5, 5.41) is 9.83. The molecule has 2 heterocycles. The van der Waals surface area contributed by atoms with Crippen LogP contribution < -0.4 is 9.47 Å². The molecule has 0 spiro atoms. The first-order valence-electron chi connectivity index (χ1n) is 12.3. The minimum atomic E-state index is -0.385. The number of carbonyl (C=O) groups is 2. The van der Waals surface area contributed by atoms with E-state index in [1.54, 1.807) is 36.2 Å². The van der Waals surface area contributed by atoms with E-state index in [9.17, 15) is 14.7 Å². The normalized spacial score (nSPS) is 20.1. The number of carbonyl (C=O) groups excluding carboxylic acids is 2. The van der Waals surface area contributed by atoms with E-state index in [1.807, 2.05) is 38.1 Å². The van der Waals surface area contributed by atoms with Gasteiger partial charge in [0.15, 0.2) is 0 Å². The number of amides is 2. The van der Waals surface area contributed by atoms with Crippen LogP contribution in [0.25, 0.3) is 0 Å². The molecule has 190 valence electrons. The molecule has 2 amide bonds. The van der Waals surface area contributed by atoms with Crippen LogP contribution in [0.4, 0.5) is 0 Å². The lowest BCUT2D eigenvalue weighted by Crippen LogP contribution is -2.50. The van der Waals surface area contributed by atoms with Crippen LogP contribution in [-0.4, -0.2) is 77.7 Å². The molecule has 2 aromatic rings. The maximum absolute atomic E-state index is 13.5. The predicted octanol–water partition coefficient (Wildman–Crippen LogP) is 2.58. The highest BCUT2D eigenvalue weighted by Gasteiger charge is 2.37. The third kappa shape index (κ3) is 5.80. The molecule has 1 aliphatic heterocycles. The number of rotatable bonds is 6. The average Bonchev–Trinajstić information content (AvgIpc) is 3.74. The van der Waals surface area contributed by atoms with Crippen LogP contribution in [0, 0.1) is 23.7 Å². The molecular weight excluding hydrogens is 458 g/mol. The molecule has 1 aromatic carbocycles. The summed E-state index contributed by atoms with van der Waals surface area (Å²) in [6.45, 7) is 4.41. The van der Waals surface area contributed by atoms with Crippen molar-refractivity contribution in [2.45, 2.75) is 38.8 Å².